The topological polar surface area (TPSA) is 104 Å². The maximum Gasteiger partial charge on any atom is 0.243 e. The molecule has 1 heterocycles. The molecule has 1 aromatic rings. The highest BCUT2D eigenvalue weighted by Gasteiger charge is 2.43. The molecule has 2 N–H and O–H groups in total. The average Bonchev–Trinajstić information content (AvgIpc) is 2.84. The minimum absolute atomic E-state index is 0.0239. The van der Waals surface area contributed by atoms with Gasteiger partial charge >= 0.3 is 0 Å². The minimum atomic E-state index is -3.88. The van der Waals surface area contributed by atoms with Crippen molar-refractivity contribution < 1.29 is 17.6 Å². The molecule has 0 aromatic heterocycles. The molecule has 0 spiro atoms. The lowest BCUT2D eigenvalue weighted by atomic mass is 9.89. The molecule has 1 atom stereocenters. The zero-order chi connectivity index (χ0) is 15.8. The highest BCUT2D eigenvalue weighted by atomic mass is 32.2. The van der Waals surface area contributed by atoms with Gasteiger partial charge in [0.05, 0.1) is 15.9 Å². The number of carbonyl (C=O) groups excluding carboxylic acids is 1. The van der Waals surface area contributed by atoms with Crippen molar-refractivity contribution in [2.75, 3.05) is 13.1 Å². The van der Waals surface area contributed by atoms with Gasteiger partial charge in [-0.05, 0) is 31.5 Å². The fourth-order valence-electron chi connectivity index (χ4n) is 2.22. The van der Waals surface area contributed by atoms with Crippen LogP contribution in [0.2, 0.25) is 0 Å². The van der Waals surface area contributed by atoms with Crippen molar-refractivity contribution in [3.63, 3.8) is 0 Å². The van der Waals surface area contributed by atoms with Crippen LogP contribution in [0.5, 0.6) is 0 Å². The van der Waals surface area contributed by atoms with Crippen molar-refractivity contribution in [1.82, 2.24) is 4.31 Å². The normalized spacial score (nSPS) is 22.9. The summed E-state index contributed by atoms with van der Waals surface area (Å²) in [4.78, 5) is 11.2. The molecule has 0 aliphatic carbocycles. The number of primary amides is 1. The molecule has 2 rings (SSSR count). The van der Waals surface area contributed by atoms with Gasteiger partial charge in [-0.1, -0.05) is 0 Å². The average molecular weight is 311 g/mol. The summed E-state index contributed by atoms with van der Waals surface area (Å²) in [7, 11) is -3.88. The second-order valence-electron chi connectivity index (χ2n) is 5.27. The van der Waals surface area contributed by atoms with E-state index < -0.39 is 27.2 Å². The van der Waals surface area contributed by atoms with E-state index in [1.165, 1.54) is 0 Å². The van der Waals surface area contributed by atoms with E-state index in [1.807, 2.05) is 0 Å². The number of nitriles is 1. The Balaban J connectivity index is 2.37. The Hall–Kier alpha value is -1.98. The van der Waals surface area contributed by atoms with Gasteiger partial charge in [-0.2, -0.15) is 9.57 Å². The fourth-order valence-corrected chi connectivity index (χ4v) is 3.82. The number of amides is 1. The summed E-state index contributed by atoms with van der Waals surface area (Å²) < 4.78 is 39.3. The van der Waals surface area contributed by atoms with E-state index in [4.69, 9.17) is 11.0 Å². The summed E-state index contributed by atoms with van der Waals surface area (Å²) in [5.74, 6) is -1.34. The highest BCUT2D eigenvalue weighted by molar-refractivity contribution is 7.89. The van der Waals surface area contributed by atoms with Gasteiger partial charge < -0.3 is 5.73 Å². The number of hydrogen-bond acceptors (Lipinski definition) is 4. The Morgan fingerprint density at radius 3 is 2.71 bits per heavy atom. The largest absolute Gasteiger partial charge is 0.369 e. The highest BCUT2D eigenvalue weighted by Crippen LogP contribution is 2.33. The number of nitrogens with two attached hydrogens (primary N) is 1. The number of carbonyl (C=O) groups is 1. The van der Waals surface area contributed by atoms with Crippen molar-refractivity contribution >= 4 is 15.9 Å². The Morgan fingerprint density at radius 2 is 2.19 bits per heavy atom. The first-order chi connectivity index (χ1) is 9.70. The third-order valence-corrected chi connectivity index (χ3v) is 5.57. The molecule has 6 nitrogen and oxygen atoms in total. The number of benzene rings is 1. The molecule has 1 amide bonds. The zero-order valence-electron chi connectivity index (χ0n) is 11.3. The molecular formula is C13H14FN3O3S. The van der Waals surface area contributed by atoms with Gasteiger partial charge in [0.1, 0.15) is 11.9 Å². The lowest BCUT2D eigenvalue weighted by molar-refractivity contribution is -0.126. The van der Waals surface area contributed by atoms with E-state index in [9.17, 15) is 17.6 Å². The number of halogens is 1. The maximum absolute atomic E-state index is 13.3. The summed E-state index contributed by atoms with van der Waals surface area (Å²) in [6, 6.07) is 4.63. The van der Waals surface area contributed by atoms with Crippen LogP contribution in [0.1, 0.15) is 18.9 Å². The standard InChI is InChI=1S/C13H14FN3O3S/c1-13(12(16)18)4-5-17(8-13)21(19,20)10-2-3-11(14)9(6-10)7-15/h2-3,6H,4-5,8H2,1H3,(H2,16,18). The molecule has 8 heteroatoms. The quantitative estimate of drug-likeness (QED) is 0.881. The van der Waals surface area contributed by atoms with Crippen molar-refractivity contribution in [2.24, 2.45) is 11.1 Å². The molecule has 112 valence electrons. The van der Waals surface area contributed by atoms with Crippen molar-refractivity contribution in [3.05, 3.63) is 29.6 Å². The molecule has 1 fully saturated rings. The summed E-state index contributed by atoms with van der Waals surface area (Å²) in [5.41, 5.74) is 4.04. The van der Waals surface area contributed by atoms with Crippen molar-refractivity contribution in [1.29, 1.82) is 5.26 Å². The van der Waals surface area contributed by atoms with Crippen LogP contribution in [0, 0.1) is 22.6 Å². The van der Waals surface area contributed by atoms with Crippen molar-refractivity contribution in [3.8, 4) is 6.07 Å². The van der Waals surface area contributed by atoms with Crippen molar-refractivity contribution in [2.45, 2.75) is 18.2 Å². The van der Waals surface area contributed by atoms with E-state index in [-0.39, 0.29) is 23.5 Å². The third-order valence-electron chi connectivity index (χ3n) is 3.73. The first kappa shape index (κ1) is 15.4. The predicted octanol–water partition coefficient (Wildman–Crippen LogP) is 0.583. The third kappa shape index (κ3) is 2.62. The molecule has 0 saturated carbocycles. The zero-order valence-corrected chi connectivity index (χ0v) is 12.2. The second-order valence-corrected chi connectivity index (χ2v) is 7.20. The predicted molar refractivity (Wildman–Crippen MR) is 71.8 cm³/mol. The Morgan fingerprint density at radius 1 is 1.52 bits per heavy atom. The molecule has 21 heavy (non-hydrogen) atoms. The van der Waals surface area contributed by atoms with Crippen LogP contribution in [0.15, 0.2) is 23.1 Å². The van der Waals surface area contributed by atoms with Crippen LogP contribution in [-0.4, -0.2) is 31.7 Å². The Labute approximate surface area is 122 Å². The van der Waals surface area contributed by atoms with Gasteiger partial charge in [-0.3, -0.25) is 4.79 Å². The van der Waals surface area contributed by atoms with Gasteiger partial charge in [-0.25, -0.2) is 12.8 Å². The van der Waals surface area contributed by atoms with E-state index in [0.29, 0.717) is 6.42 Å². The summed E-state index contributed by atoms with van der Waals surface area (Å²) in [6.45, 7) is 1.74. The minimum Gasteiger partial charge on any atom is -0.369 e. The van der Waals surface area contributed by atoms with Gasteiger partial charge in [0.15, 0.2) is 0 Å². The van der Waals surface area contributed by atoms with Crippen LogP contribution in [0.3, 0.4) is 0 Å². The molecule has 1 aliphatic rings. The first-order valence-corrected chi connectivity index (χ1v) is 7.64. The van der Waals surface area contributed by atoms with E-state index >= 15 is 0 Å². The van der Waals surface area contributed by atoms with E-state index in [1.54, 1.807) is 13.0 Å². The van der Waals surface area contributed by atoms with Crippen LogP contribution in [0.4, 0.5) is 4.39 Å². The number of rotatable bonds is 3. The van der Waals surface area contributed by atoms with Gasteiger partial charge in [-0.15, -0.1) is 0 Å². The molecule has 1 aliphatic heterocycles. The Bertz CT molecular complexity index is 742. The smallest absolute Gasteiger partial charge is 0.243 e. The number of hydrogen-bond donors (Lipinski definition) is 1. The molecule has 1 unspecified atom stereocenters. The molecule has 0 radical (unpaired) electrons. The van der Waals surface area contributed by atoms with Gasteiger partial charge in [0.25, 0.3) is 0 Å². The monoisotopic (exact) mass is 311 g/mol. The van der Waals surface area contributed by atoms with Crippen LogP contribution in [0.25, 0.3) is 0 Å². The van der Waals surface area contributed by atoms with E-state index in [0.717, 1.165) is 22.5 Å². The van der Waals surface area contributed by atoms with Crippen LogP contribution >= 0.6 is 0 Å². The molecular weight excluding hydrogens is 297 g/mol. The second kappa shape index (κ2) is 5.09. The van der Waals surface area contributed by atoms with Gasteiger partial charge in [0.2, 0.25) is 15.9 Å². The number of sulfonamides is 1. The molecule has 1 aromatic carbocycles. The first-order valence-electron chi connectivity index (χ1n) is 6.20. The van der Waals surface area contributed by atoms with Gasteiger partial charge in [0, 0.05) is 13.1 Å². The summed E-state index contributed by atoms with van der Waals surface area (Å²) >= 11 is 0. The Kier molecular flexibility index (Phi) is 3.74. The lowest BCUT2D eigenvalue weighted by Gasteiger charge is -2.21. The summed E-state index contributed by atoms with van der Waals surface area (Å²) in [6.07, 6.45) is 0.327. The van der Waals surface area contributed by atoms with E-state index in [2.05, 4.69) is 0 Å². The fraction of sp³-hybridized carbons (Fsp3) is 0.385. The SMILES string of the molecule is CC1(C(N)=O)CCN(S(=O)(=O)c2ccc(F)c(C#N)c2)C1. The van der Waals surface area contributed by atoms with Crippen LogP contribution < -0.4 is 5.73 Å². The maximum atomic E-state index is 13.3. The molecule has 1 saturated heterocycles. The lowest BCUT2D eigenvalue weighted by Crippen LogP contribution is -2.38. The van der Waals surface area contributed by atoms with Crippen LogP contribution in [-0.2, 0) is 14.8 Å². The number of nitrogens with zero attached hydrogens (tertiary/aromatic N) is 2. The summed E-state index contributed by atoms with van der Waals surface area (Å²) in [5, 5.41) is 8.77. The molecule has 0 bridgehead atoms.